The Morgan fingerprint density at radius 1 is 1.28 bits per heavy atom. The van der Waals surface area contributed by atoms with Crippen molar-refractivity contribution >= 4 is 11.3 Å². The number of ether oxygens (including phenoxy) is 1. The maximum Gasteiger partial charge on any atom is 0.123 e. The minimum Gasteiger partial charge on any atom is -0.496 e. The molecule has 2 aromatic rings. The normalized spacial score (nSPS) is 12.3. The van der Waals surface area contributed by atoms with Crippen molar-refractivity contribution in [3.8, 4) is 5.75 Å². The average molecular weight is 262 g/mol. The van der Waals surface area contributed by atoms with Crippen molar-refractivity contribution in [1.29, 1.82) is 0 Å². The van der Waals surface area contributed by atoms with E-state index in [1.807, 2.05) is 18.2 Å². The van der Waals surface area contributed by atoms with Crippen molar-refractivity contribution < 1.29 is 4.74 Å². The van der Waals surface area contributed by atoms with Gasteiger partial charge in [-0.05, 0) is 30.4 Å². The Labute approximate surface area is 112 Å². The molecule has 0 fully saturated rings. The number of nitrogens with two attached hydrogens (primary N) is 1. The molecule has 1 unspecified atom stereocenters. The lowest BCUT2D eigenvalue weighted by Gasteiger charge is -2.18. The first-order valence-corrected chi connectivity index (χ1v) is 6.84. The minimum atomic E-state index is 0.114. The summed E-state index contributed by atoms with van der Waals surface area (Å²) in [6.07, 6.45) is 1.97. The Morgan fingerprint density at radius 3 is 2.78 bits per heavy atom. The van der Waals surface area contributed by atoms with Crippen molar-refractivity contribution in [3.63, 3.8) is 0 Å². The van der Waals surface area contributed by atoms with Crippen LogP contribution >= 0.6 is 11.3 Å². The summed E-state index contributed by atoms with van der Waals surface area (Å²) in [5, 5.41) is 2.10. The van der Waals surface area contributed by atoms with E-state index in [9.17, 15) is 0 Å². The second-order valence-corrected chi connectivity index (χ2v) is 5.11. The Hall–Kier alpha value is -1.36. The molecular formula is C14H18N2OS. The molecule has 2 rings (SSSR count). The van der Waals surface area contributed by atoms with Gasteiger partial charge in [0.2, 0.25) is 0 Å². The van der Waals surface area contributed by atoms with Crippen LogP contribution in [0.1, 0.15) is 22.9 Å². The number of rotatable bonds is 6. The Balaban J connectivity index is 2.08. The summed E-state index contributed by atoms with van der Waals surface area (Å²) in [4.78, 5) is 1.38. The van der Waals surface area contributed by atoms with Crippen LogP contribution in [0.2, 0.25) is 0 Å². The summed E-state index contributed by atoms with van der Waals surface area (Å²) in [6.45, 7) is 0. The highest BCUT2D eigenvalue weighted by Gasteiger charge is 2.14. The molecule has 0 aliphatic rings. The third kappa shape index (κ3) is 3.10. The van der Waals surface area contributed by atoms with Crippen molar-refractivity contribution in [1.82, 2.24) is 5.43 Å². The zero-order chi connectivity index (χ0) is 12.8. The van der Waals surface area contributed by atoms with Gasteiger partial charge in [0.15, 0.2) is 0 Å². The molecule has 1 aromatic carbocycles. The highest BCUT2D eigenvalue weighted by Crippen LogP contribution is 2.27. The van der Waals surface area contributed by atoms with Crippen molar-refractivity contribution in [2.75, 3.05) is 7.11 Å². The topological polar surface area (TPSA) is 47.3 Å². The molecule has 0 spiro atoms. The van der Waals surface area contributed by atoms with Gasteiger partial charge in [-0.25, -0.2) is 0 Å². The van der Waals surface area contributed by atoms with Crippen LogP contribution in [0.25, 0.3) is 0 Å². The van der Waals surface area contributed by atoms with E-state index in [2.05, 4.69) is 29.0 Å². The van der Waals surface area contributed by atoms with Gasteiger partial charge in [0.25, 0.3) is 0 Å². The molecule has 3 nitrogen and oxygen atoms in total. The molecule has 0 aliphatic heterocycles. The molecule has 4 heteroatoms. The van der Waals surface area contributed by atoms with E-state index in [4.69, 9.17) is 10.6 Å². The zero-order valence-electron chi connectivity index (χ0n) is 10.4. The summed E-state index contributed by atoms with van der Waals surface area (Å²) in [6, 6.07) is 12.3. The van der Waals surface area contributed by atoms with Crippen LogP contribution in [0.3, 0.4) is 0 Å². The number of hydrogen-bond donors (Lipinski definition) is 2. The summed E-state index contributed by atoms with van der Waals surface area (Å²) >= 11 is 1.78. The highest BCUT2D eigenvalue weighted by atomic mass is 32.1. The van der Waals surface area contributed by atoms with Crippen molar-refractivity contribution in [2.45, 2.75) is 18.9 Å². The summed E-state index contributed by atoms with van der Waals surface area (Å²) in [5.74, 6) is 6.55. The largest absolute Gasteiger partial charge is 0.496 e. The van der Waals surface area contributed by atoms with Crippen LogP contribution in [0, 0.1) is 0 Å². The second-order valence-electron chi connectivity index (χ2n) is 4.08. The van der Waals surface area contributed by atoms with E-state index in [1.165, 1.54) is 4.88 Å². The van der Waals surface area contributed by atoms with Crippen molar-refractivity contribution in [2.24, 2.45) is 5.84 Å². The van der Waals surface area contributed by atoms with Crippen LogP contribution in [0.15, 0.2) is 41.8 Å². The van der Waals surface area contributed by atoms with Gasteiger partial charge in [-0.2, -0.15) is 0 Å². The smallest absolute Gasteiger partial charge is 0.123 e. The maximum absolute atomic E-state index is 5.67. The first-order chi connectivity index (χ1) is 8.85. The Kier molecular flexibility index (Phi) is 4.75. The van der Waals surface area contributed by atoms with Crippen LogP contribution in [-0.4, -0.2) is 7.11 Å². The van der Waals surface area contributed by atoms with E-state index in [-0.39, 0.29) is 6.04 Å². The number of hydrazine groups is 1. The van der Waals surface area contributed by atoms with E-state index in [0.717, 1.165) is 24.2 Å². The predicted octanol–water partition coefficient (Wildman–Crippen LogP) is 2.89. The molecule has 18 heavy (non-hydrogen) atoms. The summed E-state index contributed by atoms with van der Waals surface area (Å²) in [7, 11) is 1.69. The molecule has 96 valence electrons. The van der Waals surface area contributed by atoms with E-state index >= 15 is 0 Å². The number of hydrogen-bond acceptors (Lipinski definition) is 4. The van der Waals surface area contributed by atoms with Crippen molar-refractivity contribution in [3.05, 3.63) is 52.2 Å². The summed E-state index contributed by atoms with van der Waals surface area (Å²) < 4.78 is 5.37. The fourth-order valence-corrected chi connectivity index (χ4v) is 2.75. The van der Waals surface area contributed by atoms with Gasteiger partial charge in [-0.15, -0.1) is 11.3 Å². The molecule has 0 aliphatic carbocycles. The van der Waals surface area contributed by atoms with Crippen LogP contribution in [-0.2, 0) is 6.42 Å². The SMILES string of the molecule is COc1ccccc1C(CCc1cccs1)NN. The molecule has 0 radical (unpaired) electrons. The molecule has 1 atom stereocenters. The van der Waals surface area contributed by atoms with Gasteiger partial charge in [-0.1, -0.05) is 24.3 Å². The second kappa shape index (κ2) is 6.54. The van der Waals surface area contributed by atoms with E-state index < -0.39 is 0 Å². The van der Waals surface area contributed by atoms with Gasteiger partial charge in [0.05, 0.1) is 7.11 Å². The molecule has 0 saturated carbocycles. The number of para-hydroxylation sites is 1. The zero-order valence-corrected chi connectivity index (χ0v) is 11.2. The lowest BCUT2D eigenvalue weighted by atomic mass is 10.0. The fourth-order valence-electron chi connectivity index (χ4n) is 2.02. The molecule has 0 saturated heterocycles. The number of benzene rings is 1. The maximum atomic E-state index is 5.67. The fraction of sp³-hybridized carbons (Fsp3) is 0.286. The van der Waals surface area contributed by atoms with Gasteiger partial charge >= 0.3 is 0 Å². The van der Waals surface area contributed by atoms with E-state index in [0.29, 0.717) is 0 Å². The first-order valence-electron chi connectivity index (χ1n) is 5.96. The predicted molar refractivity (Wildman–Crippen MR) is 75.7 cm³/mol. The van der Waals surface area contributed by atoms with Crippen LogP contribution < -0.4 is 16.0 Å². The molecule has 0 amide bonds. The quantitative estimate of drug-likeness (QED) is 0.621. The Morgan fingerprint density at radius 2 is 2.11 bits per heavy atom. The van der Waals surface area contributed by atoms with Crippen LogP contribution in [0.4, 0.5) is 0 Å². The molecule has 3 N–H and O–H groups in total. The number of nitrogens with one attached hydrogen (secondary N) is 1. The monoisotopic (exact) mass is 262 g/mol. The first kappa shape index (κ1) is 13.1. The lowest BCUT2D eigenvalue weighted by Crippen LogP contribution is -2.28. The third-order valence-corrected chi connectivity index (χ3v) is 3.91. The Bertz CT molecular complexity index is 470. The summed E-state index contributed by atoms with van der Waals surface area (Å²) in [5.41, 5.74) is 3.99. The number of thiophene rings is 1. The van der Waals surface area contributed by atoms with Gasteiger partial charge < -0.3 is 4.74 Å². The minimum absolute atomic E-state index is 0.114. The van der Waals surface area contributed by atoms with Gasteiger partial charge in [0, 0.05) is 16.5 Å². The average Bonchev–Trinajstić information content (AvgIpc) is 2.93. The number of methoxy groups -OCH3 is 1. The highest BCUT2D eigenvalue weighted by molar-refractivity contribution is 7.09. The molecule has 1 aromatic heterocycles. The molecular weight excluding hydrogens is 244 g/mol. The third-order valence-electron chi connectivity index (χ3n) is 2.98. The van der Waals surface area contributed by atoms with Gasteiger partial charge in [0.1, 0.15) is 5.75 Å². The van der Waals surface area contributed by atoms with Crippen LogP contribution in [0.5, 0.6) is 5.75 Å². The van der Waals surface area contributed by atoms with E-state index in [1.54, 1.807) is 18.4 Å². The molecule has 1 heterocycles. The standard InChI is InChI=1S/C14H18N2OS/c1-17-14-7-3-2-6-12(14)13(16-15)9-8-11-5-4-10-18-11/h2-7,10,13,16H,8-9,15H2,1H3. The lowest BCUT2D eigenvalue weighted by molar-refractivity contribution is 0.396. The molecule has 0 bridgehead atoms. The number of aryl methyl sites for hydroxylation is 1. The van der Waals surface area contributed by atoms with Gasteiger partial charge in [-0.3, -0.25) is 11.3 Å².